The van der Waals surface area contributed by atoms with Gasteiger partial charge in [0, 0.05) is 32.0 Å². The molecule has 4 rings (SSSR count). The summed E-state index contributed by atoms with van der Waals surface area (Å²) < 4.78 is 28.3. The molecule has 1 aliphatic heterocycles. The number of nitrogens with one attached hydrogen (secondary N) is 1. The Bertz CT molecular complexity index is 1200. The van der Waals surface area contributed by atoms with E-state index < -0.39 is 16.1 Å². The molecule has 6 nitrogen and oxygen atoms in total. The molecule has 0 spiro atoms. The van der Waals surface area contributed by atoms with Crippen LogP contribution in [0, 0.1) is 6.92 Å². The van der Waals surface area contributed by atoms with E-state index in [-0.39, 0.29) is 16.7 Å². The van der Waals surface area contributed by atoms with Gasteiger partial charge in [-0.05, 0) is 59.7 Å². The molecule has 3 aromatic rings. The summed E-state index contributed by atoms with van der Waals surface area (Å²) in [4.78, 5) is 15.3. The highest BCUT2D eigenvalue weighted by Crippen LogP contribution is 2.31. The topological polar surface area (TPSA) is 69.7 Å². The number of carbonyl (C=O) groups is 1. The number of rotatable bonds is 5. The molecule has 0 saturated heterocycles. The van der Waals surface area contributed by atoms with E-state index in [0.29, 0.717) is 12.1 Å². The summed E-state index contributed by atoms with van der Waals surface area (Å²) in [5.74, 6) is -0.327. The van der Waals surface area contributed by atoms with Crippen molar-refractivity contribution in [3.8, 4) is 0 Å². The number of fused-ring (bicyclic) bond motifs is 1. The van der Waals surface area contributed by atoms with Crippen molar-refractivity contribution in [1.82, 2.24) is 4.31 Å². The Kier molecular flexibility index (Phi) is 5.88. The average molecular weight is 456 g/mol. The number of thiophene rings is 1. The molecular weight excluding hydrogens is 430 g/mol. The van der Waals surface area contributed by atoms with Gasteiger partial charge in [0.2, 0.25) is 5.91 Å². The number of sulfonamides is 1. The third-order valence-electron chi connectivity index (χ3n) is 5.51. The van der Waals surface area contributed by atoms with Crippen molar-refractivity contribution >= 4 is 38.6 Å². The number of anilines is 2. The van der Waals surface area contributed by atoms with Crippen LogP contribution in [0.4, 0.5) is 11.4 Å². The van der Waals surface area contributed by atoms with E-state index in [1.807, 2.05) is 68.4 Å². The first-order chi connectivity index (χ1) is 14.8. The lowest BCUT2D eigenvalue weighted by atomic mass is 9.95. The van der Waals surface area contributed by atoms with E-state index in [4.69, 9.17) is 0 Å². The molecule has 1 amide bonds. The molecule has 0 bridgehead atoms. The number of carbonyl (C=O) groups excluding carboxylic acids is 1. The van der Waals surface area contributed by atoms with Gasteiger partial charge in [-0.25, -0.2) is 8.42 Å². The molecule has 2 aromatic carbocycles. The highest BCUT2D eigenvalue weighted by atomic mass is 32.2. The molecule has 0 saturated carbocycles. The zero-order valence-electron chi connectivity index (χ0n) is 17.7. The summed E-state index contributed by atoms with van der Waals surface area (Å²) in [5, 5.41) is 4.67. The number of aryl methyl sites for hydroxylation is 1. The maximum atomic E-state index is 13.3. The van der Waals surface area contributed by atoms with Crippen LogP contribution in [-0.2, 0) is 27.8 Å². The summed E-state index contributed by atoms with van der Waals surface area (Å²) in [6.45, 7) is 2.16. The van der Waals surface area contributed by atoms with Gasteiger partial charge in [-0.1, -0.05) is 30.3 Å². The van der Waals surface area contributed by atoms with Gasteiger partial charge in [0.15, 0.2) is 0 Å². The molecule has 1 N–H and O–H groups in total. The van der Waals surface area contributed by atoms with Gasteiger partial charge in [0.25, 0.3) is 10.0 Å². The lowest BCUT2D eigenvalue weighted by Crippen LogP contribution is -2.50. The molecule has 0 unspecified atom stereocenters. The largest absolute Gasteiger partial charge is 0.377 e. The van der Waals surface area contributed by atoms with Crippen molar-refractivity contribution in [3.63, 3.8) is 0 Å². The Hall–Kier alpha value is -2.68. The van der Waals surface area contributed by atoms with Gasteiger partial charge in [-0.15, -0.1) is 11.3 Å². The number of hydrogen-bond acceptors (Lipinski definition) is 5. The number of benzene rings is 2. The Morgan fingerprint density at radius 3 is 2.48 bits per heavy atom. The van der Waals surface area contributed by atoms with Crippen molar-refractivity contribution in [3.05, 3.63) is 76.7 Å². The molecule has 1 aromatic heterocycles. The quantitative estimate of drug-likeness (QED) is 0.634. The summed E-state index contributed by atoms with van der Waals surface area (Å²) in [6, 6.07) is 15.8. The Balaban J connectivity index is 1.67. The molecule has 8 heteroatoms. The number of amides is 1. The van der Waals surface area contributed by atoms with Crippen LogP contribution in [0.25, 0.3) is 0 Å². The molecule has 1 atom stereocenters. The smallest absolute Gasteiger partial charge is 0.253 e. The normalized spacial score (nSPS) is 16.5. The number of hydrogen-bond donors (Lipinski definition) is 1. The molecule has 31 heavy (non-hydrogen) atoms. The summed E-state index contributed by atoms with van der Waals surface area (Å²) in [5.41, 5.74) is 4.67. The average Bonchev–Trinajstić information content (AvgIpc) is 3.28. The molecular formula is C23H25N3O3S2. The second-order valence-electron chi connectivity index (χ2n) is 7.86. The molecule has 0 fully saturated rings. The minimum atomic E-state index is -3.79. The zero-order valence-corrected chi connectivity index (χ0v) is 19.3. The zero-order chi connectivity index (χ0) is 22.2. The third kappa shape index (κ3) is 4.23. The van der Waals surface area contributed by atoms with Crippen LogP contribution in [0.2, 0.25) is 0 Å². The minimum Gasteiger partial charge on any atom is -0.377 e. The van der Waals surface area contributed by atoms with Crippen LogP contribution in [0.1, 0.15) is 16.7 Å². The van der Waals surface area contributed by atoms with Crippen LogP contribution in [-0.4, -0.2) is 38.8 Å². The first-order valence-corrected chi connectivity index (χ1v) is 12.3. The molecule has 0 aliphatic carbocycles. The van der Waals surface area contributed by atoms with Crippen molar-refractivity contribution in [2.75, 3.05) is 24.3 Å². The van der Waals surface area contributed by atoms with E-state index in [1.54, 1.807) is 17.5 Å². The van der Waals surface area contributed by atoms with Crippen molar-refractivity contribution in [2.45, 2.75) is 30.1 Å². The van der Waals surface area contributed by atoms with Crippen LogP contribution in [0.3, 0.4) is 0 Å². The van der Waals surface area contributed by atoms with Crippen molar-refractivity contribution in [1.29, 1.82) is 0 Å². The first-order valence-electron chi connectivity index (χ1n) is 9.98. The monoisotopic (exact) mass is 455 g/mol. The highest BCUT2D eigenvalue weighted by Gasteiger charge is 2.40. The summed E-state index contributed by atoms with van der Waals surface area (Å²) in [6.07, 6.45) is 0.335. The Labute approximate surface area is 187 Å². The maximum Gasteiger partial charge on any atom is 0.253 e. The lowest BCUT2D eigenvalue weighted by Gasteiger charge is -2.34. The summed E-state index contributed by atoms with van der Waals surface area (Å²) >= 11 is 1.16. The van der Waals surface area contributed by atoms with Crippen molar-refractivity contribution < 1.29 is 13.2 Å². The molecule has 1 aliphatic rings. The Morgan fingerprint density at radius 2 is 1.84 bits per heavy atom. The van der Waals surface area contributed by atoms with Gasteiger partial charge in [-0.3, -0.25) is 4.79 Å². The SMILES string of the molecule is Cc1cc(NC(=O)[C@@H]2Cc3ccccc3CN2S(=O)(=O)c2cccs2)ccc1N(C)C. The van der Waals surface area contributed by atoms with Gasteiger partial charge in [0.1, 0.15) is 10.3 Å². The highest BCUT2D eigenvalue weighted by molar-refractivity contribution is 7.91. The molecule has 162 valence electrons. The van der Waals surface area contributed by atoms with E-state index in [2.05, 4.69) is 5.32 Å². The van der Waals surface area contributed by atoms with Gasteiger partial charge < -0.3 is 10.2 Å². The fourth-order valence-corrected chi connectivity index (χ4v) is 6.65. The van der Waals surface area contributed by atoms with E-state index >= 15 is 0 Å². The maximum absolute atomic E-state index is 13.3. The van der Waals surface area contributed by atoms with Crippen molar-refractivity contribution in [2.24, 2.45) is 0 Å². The van der Waals surface area contributed by atoms with Gasteiger partial charge >= 0.3 is 0 Å². The predicted molar refractivity (Wildman–Crippen MR) is 125 cm³/mol. The standard InChI is InChI=1S/C23H25N3O3S2/c1-16-13-19(10-11-20(16)25(2)3)24-23(27)21-14-17-7-4-5-8-18(17)15-26(21)31(28,29)22-9-6-12-30-22/h4-13,21H,14-15H2,1-3H3,(H,24,27)/t21-/m0/s1. The lowest BCUT2D eigenvalue weighted by molar-refractivity contribution is -0.120. The Morgan fingerprint density at radius 1 is 1.10 bits per heavy atom. The van der Waals surface area contributed by atoms with E-state index in [0.717, 1.165) is 33.7 Å². The van der Waals surface area contributed by atoms with E-state index in [9.17, 15) is 13.2 Å². The first kappa shape index (κ1) is 21.5. The second-order valence-corrected chi connectivity index (χ2v) is 10.9. The van der Waals surface area contributed by atoms with Gasteiger partial charge in [-0.2, -0.15) is 4.31 Å². The number of nitrogens with zero attached hydrogens (tertiary/aromatic N) is 2. The minimum absolute atomic E-state index is 0.174. The molecule has 2 heterocycles. The molecule has 0 radical (unpaired) electrons. The van der Waals surface area contributed by atoms with Gasteiger partial charge in [0.05, 0.1) is 0 Å². The fraction of sp³-hybridized carbons (Fsp3) is 0.261. The predicted octanol–water partition coefficient (Wildman–Crippen LogP) is 3.88. The van der Waals surface area contributed by atoms with Crippen LogP contribution >= 0.6 is 11.3 Å². The van der Waals surface area contributed by atoms with Crippen LogP contribution < -0.4 is 10.2 Å². The van der Waals surface area contributed by atoms with Crippen LogP contribution in [0.15, 0.2) is 64.2 Å². The van der Waals surface area contributed by atoms with Crippen LogP contribution in [0.5, 0.6) is 0 Å². The summed E-state index contributed by atoms with van der Waals surface area (Å²) in [7, 11) is 0.142. The third-order valence-corrected chi connectivity index (χ3v) is 8.74. The fourth-order valence-electron chi connectivity index (χ4n) is 3.96. The van der Waals surface area contributed by atoms with E-state index in [1.165, 1.54) is 4.31 Å². The second kappa shape index (κ2) is 8.45.